The lowest BCUT2D eigenvalue weighted by atomic mass is 10.2. The molecule has 0 saturated carbocycles. The highest BCUT2D eigenvalue weighted by Crippen LogP contribution is 2.25. The maximum atomic E-state index is 12.6. The summed E-state index contributed by atoms with van der Waals surface area (Å²) in [7, 11) is 1.59. The molecule has 2 aromatic carbocycles. The normalized spacial score (nSPS) is 10.1. The third-order valence-corrected chi connectivity index (χ3v) is 3.50. The Labute approximate surface area is 142 Å². The van der Waals surface area contributed by atoms with E-state index < -0.39 is 0 Å². The summed E-state index contributed by atoms with van der Waals surface area (Å²) in [5.74, 6) is 0.662. The van der Waals surface area contributed by atoms with Gasteiger partial charge in [-0.2, -0.15) is 0 Å². The van der Waals surface area contributed by atoms with Crippen LogP contribution in [0.2, 0.25) is 0 Å². The van der Waals surface area contributed by atoms with Crippen molar-refractivity contribution in [1.82, 2.24) is 0 Å². The molecule has 0 atom stereocenters. The Balaban J connectivity index is 2.17. The first-order valence-corrected chi connectivity index (χ1v) is 7.94. The predicted octanol–water partition coefficient (Wildman–Crippen LogP) is 3.12. The van der Waals surface area contributed by atoms with Gasteiger partial charge in [0.1, 0.15) is 5.75 Å². The van der Waals surface area contributed by atoms with E-state index >= 15 is 0 Å². The molecule has 6 heteroatoms. The molecule has 4 N–H and O–H groups in total. The molecule has 0 bridgehead atoms. The zero-order valence-corrected chi connectivity index (χ0v) is 14.1. The number of nitrogens with two attached hydrogens (primary N) is 1. The second-order valence-corrected chi connectivity index (χ2v) is 5.18. The molecule has 0 aliphatic heterocycles. The van der Waals surface area contributed by atoms with Crippen LogP contribution in [0.1, 0.15) is 6.92 Å². The number of benzene rings is 2. The lowest BCUT2D eigenvalue weighted by Gasteiger charge is -2.22. The van der Waals surface area contributed by atoms with Crippen molar-refractivity contribution in [3.63, 3.8) is 0 Å². The minimum absolute atomic E-state index is 0.193. The molecule has 0 heterocycles. The van der Waals surface area contributed by atoms with Crippen molar-refractivity contribution in [3.8, 4) is 5.75 Å². The van der Waals surface area contributed by atoms with E-state index in [-0.39, 0.29) is 6.03 Å². The number of methoxy groups -OCH3 is 1. The Kier molecular flexibility index (Phi) is 6.45. The van der Waals surface area contributed by atoms with Gasteiger partial charge in [-0.05, 0) is 25.1 Å². The Bertz CT molecular complexity index is 661. The van der Waals surface area contributed by atoms with Crippen LogP contribution in [0.4, 0.5) is 21.9 Å². The fourth-order valence-corrected chi connectivity index (χ4v) is 2.35. The predicted molar refractivity (Wildman–Crippen MR) is 99.0 cm³/mol. The minimum atomic E-state index is -0.193. The maximum Gasteiger partial charge on any atom is 0.326 e. The number of para-hydroxylation sites is 1. The molecule has 6 nitrogen and oxygen atoms in total. The Morgan fingerprint density at radius 1 is 1.17 bits per heavy atom. The first kappa shape index (κ1) is 17.6. The lowest BCUT2D eigenvalue weighted by molar-refractivity contribution is 0.257. The number of hydrogen-bond acceptors (Lipinski definition) is 4. The van der Waals surface area contributed by atoms with Crippen LogP contribution in [0, 0.1) is 0 Å². The Morgan fingerprint density at radius 3 is 2.50 bits per heavy atom. The van der Waals surface area contributed by atoms with Gasteiger partial charge in [0.25, 0.3) is 0 Å². The van der Waals surface area contributed by atoms with Gasteiger partial charge in [-0.25, -0.2) is 4.79 Å². The van der Waals surface area contributed by atoms with Crippen LogP contribution in [0.25, 0.3) is 0 Å². The second-order valence-electron chi connectivity index (χ2n) is 5.18. The van der Waals surface area contributed by atoms with E-state index in [2.05, 4.69) is 10.6 Å². The van der Waals surface area contributed by atoms with Crippen LogP contribution in [-0.2, 0) is 0 Å². The van der Waals surface area contributed by atoms with Crippen molar-refractivity contribution < 1.29 is 9.53 Å². The summed E-state index contributed by atoms with van der Waals surface area (Å²) in [6.45, 7) is 3.67. The standard InChI is InChI=1S/C18H24N4O2/c1-3-22(16-7-5-4-6-8-16)18(23)21-15-11-14(20-10-9-19)12-17(13-15)24-2/h4-8,11-13,20H,3,9-10,19H2,1-2H3,(H,21,23). The molecule has 128 valence electrons. The van der Waals surface area contributed by atoms with Crippen LogP contribution in [0.15, 0.2) is 48.5 Å². The topological polar surface area (TPSA) is 79.6 Å². The van der Waals surface area contributed by atoms with Crippen LogP contribution >= 0.6 is 0 Å². The van der Waals surface area contributed by atoms with Gasteiger partial charge in [0.2, 0.25) is 0 Å². The Morgan fingerprint density at radius 2 is 1.88 bits per heavy atom. The first-order valence-electron chi connectivity index (χ1n) is 7.94. The molecule has 0 radical (unpaired) electrons. The smallest absolute Gasteiger partial charge is 0.326 e. The molecular weight excluding hydrogens is 304 g/mol. The average molecular weight is 328 g/mol. The molecule has 0 unspecified atom stereocenters. The van der Waals surface area contributed by atoms with Crippen LogP contribution in [0.3, 0.4) is 0 Å². The van der Waals surface area contributed by atoms with E-state index in [4.69, 9.17) is 10.5 Å². The molecule has 24 heavy (non-hydrogen) atoms. The first-order chi connectivity index (χ1) is 11.7. The van der Waals surface area contributed by atoms with Crippen molar-refractivity contribution in [2.45, 2.75) is 6.92 Å². The van der Waals surface area contributed by atoms with E-state index in [1.807, 2.05) is 49.4 Å². The molecule has 2 aromatic rings. The van der Waals surface area contributed by atoms with Gasteiger partial charge < -0.3 is 21.1 Å². The van der Waals surface area contributed by atoms with Gasteiger partial charge >= 0.3 is 6.03 Å². The zero-order chi connectivity index (χ0) is 17.4. The van der Waals surface area contributed by atoms with Crippen LogP contribution in [-0.4, -0.2) is 32.8 Å². The lowest BCUT2D eigenvalue weighted by Crippen LogP contribution is -2.34. The van der Waals surface area contributed by atoms with Gasteiger partial charge in [0, 0.05) is 48.8 Å². The van der Waals surface area contributed by atoms with Gasteiger partial charge in [0.15, 0.2) is 0 Å². The summed E-state index contributed by atoms with van der Waals surface area (Å²) in [6, 6.07) is 14.9. The molecule has 0 aliphatic rings. The van der Waals surface area contributed by atoms with E-state index in [1.165, 1.54) is 0 Å². The van der Waals surface area contributed by atoms with E-state index in [0.29, 0.717) is 31.1 Å². The summed E-state index contributed by atoms with van der Waals surface area (Å²) < 4.78 is 5.29. The number of amides is 2. The number of nitrogens with zero attached hydrogens (tertiary/aromatic N) is 1. The van der Waals surface area contributed by atoms with Gasteiger partial charge in [0.05, 0.1) is 7.11 Å². The third-order valence-electron chi connectivity index (χ3n) is 3.50. The number of rotatable bonds is 7. The molecule has 2 amide bonds. The minimum Gasteiger partial charge on any atom is -0.497 e. The summed E-state index contributed by atoms with van der Waals surface area (Å²) in [5, 5.41) is 6.11. The fourth-order valence-electron chi connectivity index (χ4n) is 2.35. The van der Waals surface area contributed by atoms with Gasteiger partial charge in [-0.1, -0.05) is 18.2 Å². The van der Waals surface area contributed by atoms with Gasteiger partial charge in [-0.3, -0.25) is 4.90 Å². The van der Waals surface area contributed by atoms with Crippen molar-refractivity contribution >= 4 is 23.1 Å². The number of carbonyl (C=O) groups is 1. The van der Waals surface area contributed by atoms with Crippen molar-refractivity contribution in [3.05, 3.63) is 48.5 Å². The van der Waals surface area contributed by atoms with Gasteiger partial charge in [-0.15, -0.1) is 0 Å². The SMILES string of the molecule is CCN(C(=O)Nc1cc(NCCN)cc(OC)c1)c1ccccc1. The van der Waals surface area contributed by atoms with E-state index in [0.717, 1.165) is 11.4 Å². The van der Waals surface area contributed by atoms with Crippen molar-refractivity contribution in [1.29, 1.82) is 0 Å². The van der Waals surface area contributed by atoms with Crippen LogP contribution in [0.5, 0.6) is 5.75 Å². The largest absolute Gasteiger partial charge is 0.497 e. The molecule has 0 aliphatic carbocycles. The molecule has 0 saturated heterocycles. The van der Waals surface area contributed by atoms with E-state index in [1.54, 1.807) is 18.1 Å². The number of urea groups is 1. The maximum absolute atomic E-state index is 12.6. The second kappa shape index (κ2) is 8.79. The highest BCUT2D eigenvalue weighted by atomic mass is 16.5. The molecule has 0 aromatic heterocycles. The number of ether oxygens (including phenoxy) is 1. The third kappa shape index (κ3) is 4.63. The number of hydrogen-bond donors (Lipinski definition) is 3. The summed E-state index contributed by atoms with van der Waals surface area (Å²) in [6.07, 6.45) is 0. The molecule has 0 fully saturated rings. The summed E-state index contributed by atoms with van der Waals surface area (Å²) >= 11 is 0. The Hall–Kier alpha value is -2.73. The average Bonchev–Trinajstić information content (AvgIpc) is 2.61. The monoisotopic (exact) mass is 328 g/mol. The van der Waals surface area contributed by atoms with Crippen molar-refractivity contribution in [2.75, 3.05) is 42.3 Å². The highest BCUT2D eigenvalue weighted by Gasteiger charge is 2.14. The molecular formula is C18H24N4O2. The number of nitrogens with one attached hydrogen (secondary N) is 2. The van der Waals surface area contributed by atoms with E-state index in [9.17, 15) is 4.79 Å². The zero-order valence-electron chi connectivity index (χ0n) is 14.1. The summed E-state index contributed by atoms with van der Waals surface area (Å²) in [5.41, 5.74) is 7.87. The molecule has 0 spiro atoms. The fraction of sp³-hybridized carbons (Fsp3) is 0.278. The number of anilines is 3. The quantitative estimate of drug-likeness (QED) is 0.729. The highest BCUT2D eigenvalue weighted by molar-refractivity contribution is 6.02. The number of carbonyl (C=O) groups excluding carboxylic acids is 1. The summed E-state index contributed by atoms with van der Waals surface area (Å²) in [4.78, 5) is 14.3. The molecule has 2 rings (SSSR count). The van der Waals surface area contributed by atoms with Crippen molar-refractivity contribution in [2.24, 2.45) is 5.73 Å². The van der Waals surface area contributed by atoms with Crippen LogP contribution < -0.4 is 26.0 Å².